The van der Waals surface area contributed by atoms with Gasteiger partial charge in [-0.1, -0.05) is 80.1 Å². The summed E-state index contributed by atoms with van der Waals surface area (Å²) in [5.41, 5.74) is -0.466. The normalized spacial score (nSPS) is 25.2. The van der Waals surface area contributed by atoms with Gasteiger partial charge < -0.3 is 5.11 Å². The first-order chi connectivity index (χ1) is 17.5. The van der Waals surface area contributed by atoms with Crippen LogP contribution in [0.25, 0.3) is 0 Å². The number of hydrogen-bond acceptors (Lipinski definition) is 4. The highest BCUT2D eigenvalue weighted by Gasteiger charge is 2.55. The number of rotatable bonds is 4. The summed E-state index contributed by atoms with van der Waals surface area (Å²) in [5.74, 6) is -4.38. The van der Waals surface area contributed by atoms with Crippen LogP contribution in [-0.4, -0.2) is 40.3 Å². The average Bonchev–Trinajstić information content (AvgIpc) is 3.00. The van der Waals surface area contributed by atoms with E-state index in [0.29, 0.717) is 18.0 Å². The number of hydrogen-bond donors (Lipinski definition) is 1. The second-order valence-electron chi connectivity index (χ2n) is 9.97. The van der Waals surface area contributed by atoms with Crippen LogP contribution in [0.2, 0.25) is 5.02 Å². The van der Waals surface area contributed by atoms with Gasteiger partial charge in [-0.2, -0.15) is 13.2 Å². The third-order valence-corrected chi connectivity index (χ3v) is 8.16. The van der Waals surface area contributed by atoms with E-state index in [1.807, 2.05) is 47.4 Å². The molecule has 0 bridgehead atoms. The van der Waals surface area contributed by atoms with Crippen LogP contribution in [0.15, 0.2) is 78.1 Å². The van der Waals surface area contributed by atoms with Crippen molar-refractivity contribution in [2.24, 2.45) is 11.3 Å². The van der Waals surface area contributed by atoms with Gasteiger partial charge >= 0.3 is 6.18 Å². The van der Waals surface area contributed by atoms with Crippen molar-refractivity contribution in [1.82, 2.24) is 4.90 Å². The lowest BCUT2D eigenvalue weighted by atomic mass is 9.66. The first kappa shape index (κ1) is 27.1. The molecule has 0 radical (unpaired) electrons. The average molecular weight is 532 g/mol. The van der Waals surface area contributed by atoms with Gasteiger partial charge in [0.1, 0.15) is 0 Å². The number of halogens is 4. The minimum absolute atomic E-state index is 0.0574. The Morgan fingerprint density at radius 1 is 1.08 bits per heavy atom. The second-order valence-corrected chi connectivity index (χ2v) is 10.4. The molecule has 2 aromatic rings. The Morgan fingerprint density at radius 3 is 2.38 bits per heavy atom. The van der Waals surface area contributed by atoms with Gasteiger partial charge in [0, 0.05) is 16.5 Å². The molecule has 196 valence electrons. The van der Waals surface area contributed by atoms with Crippen molar-refractivity contribution in [1.29, 1.82) is 0 Å². The van der Waals surface area contributed by atoms with Crippen LogP contribution in [0.3, 0.4) is 0 Å². The maximum atomic E-state index is 14.0. The molecule has 0 aromatic heterocycles. The summed E-state index contributed by atoms with van der Waals surface area (Å²) in [7, 11) is 0. The summed E-state index contributed by atoms with van der Waals surface area (Å²) in [6.07, 6.45) is -1.46. The van der Waals surface area contributed by atoms with Crippen molar-refractivity contribution in [2.75, 3.05) is 6.54 Å². The summed E-state index contributed by atoms with van der Waals surface area (Å²) >= 11 is 6.64. The van der Waals surface area contributed by atoms with E-state index in [-0.39, 0.29) is 18.4 Å². The second kappa shape index (κ2) is 10.5. The Labute approximate surface area is 219 Å². The maximum Gasteiger partial charge on any atom is 0.392 e. The number of alkyl halides is 3. The lowest BCUT2D eigenvalue weighted by Crippen LogP contribution is -2.51. The molecule has 0 amide bonds. The van der Waals surface area contributed by atoms with E-state index < -0.39 is 46.9 Å². The van der Waals surface area contributed by atoms with Crippen LogP contribution in [0.5, 0.6) is 0 Å². The molecule has 1 saturated heterocycles. The number of benzene rings is 2. The molecule has 4 rings (SSSR count). The lowest BCUT2D eigenvalue weighted by Gasteiger charge is -2.45. The summed E-state index contributed by atoms with van der Waals surface area (Å²) in [6.45, 7) is 2.62. The Balaban J connectivity index is 1.92. The molecule has 4 atom stereocenters. The molecule has 1 aliphatic carbocycles. The molecular weight excluding hydrogens is 503 g/mol. The smallest absolute Gasteiger partial charge is 0.392 e. The predicted molar refractivity (Wildman–Crippen MR) is 136 cm³/mol. The molecular formula is C29H29ClF3NO3. The van der Waals surface area contributed by atoms with E-state index in [1.165, 1.54) is 13.0 Å². The van der Waals surface area contributed by atoms with Crippen LogP contribution in [0, 0.1) is 11.3 Å². The van der Waals surface area contributed by atoms with Crippen LogP contribution in [0.1, 0.15) is 50.3 Å². The SMILES string of the molecule is CC(C(F)(F)F)[C@]1(C)CCCN(C(c2ccccc2)c2ccccc2Cl)[C@H]2CC=CC(=O)C(O)=C2C1=O. The van der Waals surface area contributed by atoms with E-state index in [4.69, 9.17) is 11.6 Å². The van der Waals surface area contributed by atoms with Gasteiger partial charge in [-0.15, -0.1) is 0 Å². The van der Waals surface area contributed by atoms with E-state index in [0.717, 1.165) is 18.1 Å². The van der Waals surface area contributed by atoms with Crippen molar-refractivity contribution in [3.05, 3.63) is 94.2 Å². The van der Waals surface area contributed by atoms with Crippen molar-refractivity contribution in [2.45, 2.75) is 51.4 Å². The lowest BCUT2D eigenvalue weighted by molar-refractivity contribution is -0.202. The number of allylic oxidation sites excluding steroid dienone is 1. The molecule has 2 aliphatic rings. The largest absolute Gasteiger partial charge is 0.504 e. The standard InChI is InChI=1S/C29H29ClF3NO3/c1-18(29(31,32)33)28(2)16-9-17-34(22-14-8-15-23(35)26(36)24(22)27(28)37)25(19-10-4-3-5-11-19)20-12-6-7-13-21(20)30/h3-8,10-13,15,18,22,25,36H,9,14,16-17H2,1-2H3/t18?,22-,25?,28-/m0/s1. The molecule has 0 spiro atoms. The Kier molecular flexibility index (Phi) is 7.67. The molecule has 37 heavy (non-hydrogen) atoms. The van der Waals surface area contributed by atoms with Gasteiger partial charge in [-0.3, -0.25) is 14.5 Å². The third kappa shape index (κ3) is 5.12. The molecule has 2 aromatic carbocycles. The molecule has 1 heterocycles. The Bertz CT molecular complexity index is 1240. The monoisotopic (exact) mass is 531 g/mol. The number of aliphatic hydroxyl groups excluding tert-OH is 1. The highest BCUT2D eigenvalue weighted by atomic mass is 35.5. The Hall–Kier alpha value is -2.90. The first-order valence-corrected chi connectivity index (χ1v) is 12.6. The predicted octanol–water partition coefficient (Wildman–Crippen LogP) is 7.01. The van der Waals surface area contributed by atoms with Crippen LogP contribution >= 0.6 is 11.6 Å². The van der Waals surface area contributed by atoms with Gasteiger partial charge in [-0.25, -0.2) is 0 Å². The summed E-state index contributed by atoms with van der Waals surface area (Å²) in [5, 5.41) is 11.5. The number of nitrogens with zero attached hydrogens (tertiary/aromatic N) is 1. The summed E-state index contributed by atoms with van der Waals surface area (Å²) < 4.78 is 41.8. The zero-order valence-electron chi connectivity index (χ0n) is 20.6. The number of ketones is 2. The van der Waals surface area contributed by atoms with Crippen molar-refractivity contribution < 1.29 is 27.9 Å². The number of Topliss-reactive ketones (excluding diaryl/α,β-unsaturated/α-hetero) is 1. The van der Waals surface area contributed by atoms with E-state index >= 15 is 0 Å². The highest BCUT2D eigenvalue weighted by Crippen LogP contribution is 2.48. The van der Waals surface area contributed by atoms with Crippen molar-refractivity contribution >= 4 is 23.2 Å². The van der Waals surface area contributed by atoms with Gasteiger partial charge in [0.2, 0.25) is 5.78 Å². The van der Waals surface area contributed by atoms with E-state index in [1.54, 1.807) is 18.2 Å². The van der Waals surface area contributed by atoms with E-state index in [9.17, 15) is 27.9 Å². The molecule has 4 nitrogen and oxygen atoms in total. The van der Waals surface area contributed by atoms with Crippen LogP contribution < -0.4 is 0 Å². The minimum atomic E-state index is -4.62. The maximum absolute atomic E-state index is 14.0. The van der Waals surface area contributed by atoms with Gasteiger partial charge in [0.05, 0.1) is 17.5 Å². The van der Waals surface area contributed by atoms with Crippen LogP contribution in [-0.2, 0) is 9.59 Å². The quantitative estimate of drug-likeness (QED) is 0.461. The first-order valence-electron chi connectivity index (χ1n) is 12.3. The molecule has 8 heteroatoms. The fraction of sp³-hybridized carbons (Fsp3) is 0.379. The Morgan fingerprint density at radius 2 is 1.73 bits per heavy atom. The molecule has 2 unspecified atom stereocenters. The summed E-state index contributed by atoms with van der Waals surface area (Å²) in [4.78, 5) is 28.6. The topological polar surface area (TPSA) is 57.6 Å². The highest BCUT2D eigenvalue weighted by molar-refractivity contribution is 6.31. The number of aliphatic hydroxyl groups is 1. The van der Waals surface area contributed by atoms with Crippen LogP contribution in [0.4, 0.5) is 13.2 Å². The van der Waals surface area contributed by atoms with Gasteiger partial charge in [0.15, 0.2) is 11.5 Å². The fourth-order valence-corrected chi connectivity index (χ4v) is 5.76. The number of likely N-dealkylation sites (tertiary alicyclic amines) is 1. The van der Waals surface area contributed by atoms with Gasteiger partial charge in [-0.05, 0) is 49.1 Å². The van der Waals surface area contributed by atoms with Gasteiger partial charge in [0.25, 0.3) is 0 Å². The summed E-state index contributed by atoms with van der Waals surface area (Å²) in [6, 6.07) is 15.4. The van der Waals surface area contributed by atoms with E-state index in [2.05, 4.69) is 0 Å². The molecule has 1 fully saturated rings. The fourth-order valence-electron chi connectivity index (χ4n) is 5.52. The third-order valence-electron chi connectivity index (χ3n) is 7.82. The molecule has 0 saturated carbocycles. The van der Waals surface area contributed by atoms with Crippen molar-refractivity contribution in [3.8, 4) is 0 Å². The molecule has 1 aliphatic heterocycles. The minimum Gasteiger partial charge on any atom is -0.504 e. The zero-order valence-corrected chi connectivity index (χ0v) is 21.4. The zero-order chi connectivity index (χ0) is 27.0. The number of carbonyl (C=O) groups is 2. The number of carbonyl (C=O) groups excluding carboxylic acids is 2. The molecule has 1 N–H and O–H groups in total. The number of fused-ring (bicyclic) bond motifs is 1. The van der Waals surface area contributed by atoms with Crippen molar-refractivity contribution in [3.63, 3.8) is 0 Å².